The molecule has 1 rings (SSSR count). The highest BCUT2D eigenvalue weighted by atomic mass is 16.3. The molecule has 0 heterocycles. The van der Waals surface area contributed by atoms with E-state index >= 15 is 0 Å². The standard InChI is InChI=1S/C9H19NO/c1-3-9(7-11,10-2)8-5-4-6-8/h8,10-11H,3-7H2,1-2H3. The second-order valence-corrected chi connectivity index (χ2v) is 3.55. The van der Waals surface area contributed by atoms with Gasteiger partial charge in [0.05, 0.1) is 6.61 Å². The van der Waals surface area contributed by atoms with E-state index in [1.54, 1.807) is 0 Å². The van der Waals surface area contributed by atoms with Crippen molar-refractivity contribution in [1.82, 2.24) is 5.32 Å². The van der Waals surface area contributed by atoms with Gasteiger partial charge in [0.15, 0.2) is 0 Å². The fourth-order valence-corrected chi connectivity index (χ4v) is 1.95. The van der Waals surface area contributed by atoms with E-state index in [2.05, 4.69) is 12.2 Å². The Kier molecular flexibility index (Phi) is 2.90. The third-order valence-corrected chi connectivity index (χ3v) is 3.30. The highest BCUT2D eigenvalue weighted by Gasteiger charge is 2.38. The summed E-state index contributed by atoms with van der Waals surface area (Å²) in [5.41, 5.74) is 0.0260. The second-order valence-electron chi connectivity index (χ2n) is 3.55. The Hall–Kier alpha value is -0.0800. The van der Waals surface area contributed by atoms with Crippen molar-refractivity contribution in [3.05, 3.63) is 0 Å². The maximum Gasteiger partial charge on any atom is 0.0615 e. The van der Waals surface area contributed by atoms with Crippen LogP contribution in [-0.4, -0.2) is 24.3 Å². The summed E-state index contributed by atoms with van der Waals surface area (Å²) in [6.45, 7) is 2.43. The quantitative estimate of drug-likeness (QED) is 0.641. The molecule has 2 nitrogen and oxygen atoms in total. The average molecular weight is 157 g/mol. The van der Waals surface area contributed by atoms with Crippen LogP contribution in [0.15, 0.2) is 0 Å². The Morgan fingerprint density at radius 3 is 2.27 bits per heavy atom. The summed E-state index contributed by atoms with van der Waals surface area (Å²) in [5.74, 6) is 0.711. The lowest BCUT2D eigenvalue weighted by molar-refractivity contribution is 0.0626. The molecule has 0 aliphatic heterocycles. The van der Waals surface area contributed by atoms with Crippen molar-refractivity contribution < 1.29 is 5.11 Å². The van der Waals surface area contributed by atoms with Gasteiger partial charge in [-0.25, -0.2) is 0 Å². The van der Waals surface area contributed by atoms with Crippen molar-refractivity contribution in [1.29, 1.82) is 0 Å². The van der Waals surface area contributed by atoms with E-state index in [-0.39, 0.29) is 12.1 Å². The Bertz CT molecular complexity index is 108. The van der Waals surface area contributed by atoms with Crippen molar-refractivity contribution in [3.8, 4) is 0 Å². The molecule has 1 aliphatic carbocycles. The van der Waals surface area contributed by atoms with Crippen LogP contribution >= 0.6 is 0 Å². The van der Waals surface area contributed by atoms with Gasteiger partial charge in [0.2, 0.25) is 0 Å². The molecule has 0 radical (unpaired) electrons. The number of aliphatic hydroxyl groups excluding tert-OH is 1. The fourth-order valence-electron chi connectivity index (χ4n) is 1.95. The largest absolute Gasteiger partial charge is 0.394 e. The summed E-state index contributed by atoms with van der Waals surface area (Å²) in [6, 6.07) is 0. The van der Waals surface area contributed by atoms with Crippen LogP contribution in [0.1, 0.15) is 32.6 Å². The van der Waals surface area contributed by atoms with Crippen molar-refractivity contribution in [2.75, 3.05) is 13.7 Å². The van der Waals surface area contributed by atoms with Gasteiger partial charge in [0.25, 0.3) is 0 Å². The lowest BCUT2D eigenvalue weighted by Crippen LogP contribution is -2.54. The minimum atomic E-state index is 0.0260. The third-order valence-electron chi connectivity index (χ3n) is 3.30. The summed E-state index contributed by atoms with van der Waals surface area (Å²) in [7, 11) is 1.96. The van der Waals surface area contributed by atoms with E-state index in [1.807, 2.05) is 7.05 Å². The number of hydrogen-bond donors (Lipinski definition) is 2. The molecule has 0 amide bonds. The topological polar surface area (TPSA) is 32.3 Å². The molecule has 1 saturated carbocycles. The Morgan fingerprint density at radius 1 is 1.55 bits per heavy atom. The fraction of sp³-hybridized carbons (Fsp3) is 1.00. The maximum absolute atomic E-state index is 9.25. The lowest BCUT2D eigenvalue weighted by Gasteiger charge is -2.43. The number of hydrogen-bond acceptors (Lipinski definition) is 2. The predicted molar refractivity (Wildman–Crippen MR) is 46.5 cm³/mol. The molecule has 66 valence electrons. The first kappa shape index (κ1) is 9.01. The van der Waals surface area contributed by atoms with E-state index in [4.69, 9.17) is 0 Å². The van der Waals surface area contributed by atoms with Crippen molar-refractivity contribution >= 4 is 0 Å². The minimum absolute atomic E-state index is 0.0260. The van der Waals surface area contributed by atoms with Crippen LogP contribution in [0.5, 0.6) is 0 Å². The molecule has 0 aromatic carbocycles. The second kappa shape index (κ2) is 3.55. The van der Waals surface area contributed by atoms with E-state index in [0.717, 1.165) is 6.42 Å². The van der Waals surface area contributed by atoms with Crippen LogP contribution < -0.4 is 5.32 Å². The van der Waals surface area contributed by atoms with E-state index in [9.17, 15) is 5.11 Å². The third kappa shape index (κ3) is 1.42. The van der Waals surface area contributed by atoms with Gasteiger partial charge in [-0.15, -0.1) is 0 Å². The molecule has 0 spiro atoms. The average Bonchev–Trinajstić information content (AvgIpc) is 1.97. The number of nitrogens with one attached hydrogen (secondary N) is 1. The molecule has 1 unspecified atom stereocenters. The molecule has 1 aliphatic rings. The van der Waals surface area contributed by atoms with Crippen molar-refractivity contribution in [3.63, 3.8) is 0 Å². The monoisotopic (exact) mass is 157 g/mol. The van der Waals surface area contributed by atoms with Gasteiger partial charge in [-0.05, 0) is 32.2 Å². The summed E-state index contributed by atoms with van der Waals surface area (Å²) in [6.07, 6.45) is 4.95. The zero-order valence-corrected chi connectivity index (χ0v) is 7.56. The summed E-state index contributed by atoms with van der Waals surface area (Å²) in [5, 5.41) is 12.5. The number of aliphatic hydroxyl groups is 1. The minimum Gasteiger partial charge on any atom is -0.394 e. The molecule has 0 bridgehead atoms. The van der Waals surface area contributed by atoms with Crippen LogP contribution in [0.4, 0.5) is 0 Å². The van der Waals surface area contributed by atoms with Gasteiger partial charge in [0.1, 0.15) is 0 Å². The first-order chi connectivity index (χ1) is 5.29. The Balaban J connectivity index is 2.54. The van der Waals surface area contributed by atoms with Crippen LogP contribution in [0.2, 0.25) is 0 Å². The summed E-state index contributed by atoms with van der Waals surface area (Å²) >= 11 is 0. The zero-order valence-electron chi connectivity index (χ0n) is 7.56. The smallest absolute Gasteiger partial charge is 0.0615 e. The van der Waals surface area contributed by atoms with Crippen molar-refractivity contribution in [2.24, 2.45) is 5.92 Å². The highest BCUT2D eigenvalue weighted by Crippen LogP contribution is 2.37. The van der Waals surface area contributed by atoms with Crippen LogP contribution in [-0.2, 0) is 0 Å². The van der Waals surface area contributed by atoms with E-state index in [1.165, 1.54) is 19.3 Å². The van der Waals surface area contributed by atoms with Crippen LogP contribution in [0.3, 0.4) is 0 Å². The van der Waals surface area contributed by atoms with Gasteiger partial charge >= 0.3 is 0 Å². The molecule has 11 heavy (non-hydrogen) atoms. The van der Waals surface area contributed by atoms with Gasteiger partial charge in [-0.3, -0.25) is 0 Å². The lowest BCUT2D eigenvalue weighted by atomic mass is 9.70. The predicted octanol–water partition coefficient (Wildman–Crippen LogP) is 1.15. The molecular formula is C9H19NO. The Labute approximate surface area is 69.0 Å². The van der Waals surface area contributed by atoms with Gasteiger partial charge in [-0.1, -0.05) is 13.3 Å². The van der Waals surface area contributed by atoms with Crippen molar-refractivity contribution in [2.45, 2.75) is 38.1 Å². The van der Waals surface area contributed by atoms with E-state index < -0.39 is 0 Å². The SMILES string of the molecule is CCC(CO)(NC)C1CCC1. The van der Waals surface area contributed by atoms with Crippen LogP contribution in [0.25, 0.3) is 0 Å². The molecule has 2 N–H and O–H groups in total. The normalized spacial score (nSPS) is 24.3. The zero-order chi connectivity index (χ0) is 8.32. The molecule has 2 heteroatoms. The van der Waals surface area contributed by atoms with Gasteiger partial charge < -0.3 is 10.4 Å². The molecule has 1 atom stereocenters. The molecular weight excluding hydrogens is 138 g/mol. The molecule has 0 aromatic heterocycles. The van der Waals surface area contributed by atoms with Gasteiger partial charge in [-0.2, -0.15) is 0 Å². The summed E-state index contributed by atoms with van der Waals surface area (Å²) in [4.78, 5) is 0. The summed E-state index contributed by atoms with van der Waals surface area (Å²) < 4.78 is 0. The molecule has 0 saturated heterocycles. The van der Waals surface area contributed by atoms with Gasteiger partial charge in [0, 0.05) is 5.54 Å². The molecule has 0 aromatic rings. The maximum atomic E-state index is 9.25. The number of rotatable bonds is 4. The van der Waals surface area contributed by atoms with E-state index in [0.29, 0.717) is 5.92 Å². The first-order valence-corrected chi connectivity index (χ1v) is 4.59. The Morgan fingerprint density at radius 2 is 2.18 bits per heavy atom. The highest BCUT2D eigenvalue weighted by molar-refractivity contribution is 4.95. The molecule has 1 fully saturated rings. The number of likely N-dealkylation sites (N-methyl/N-ethyl adjacent to an activating group) is 1. The first-order valence-electron chi connectivity index (χ1n) is 4.59. The van der Waals surface area contributed by atoms with Crippen LogP contribution in [0, 0.1) is 5.92 Å².